The summed E-state index contributed by atoms with van der Waals surface area (Å²) in [7, 11) is 1.28. The number of ether oxygens (including phenoxy) is 1. The maximum atomic E-state index is 11.9. The largest absolute Gasteiger partial charge is 0.465 e. The van der Waals surface area contributed by atoms with Crippen LogP contribution < -0.4 is 10.9 Å². The molecule has 118 valence electrons. The van der Waals surface area contributed by atoms with Gasteiger partial charge >= 0.3 is 5.97 Å². The number of benzene rings is 2. The highest BCUT2D eigenvalue weighted by molar-refractivity contribution is 5.99. The molecule has 2 aromatic carbocycles. The van der Waals surface area contributed by atoms with Gasteiger partial charge in [0.1, 0.15) is 0 Å². The van der Waals surface area contributed by atoms with Crippen molar-refractivity contribution >= 4 is 17.8 Å². The van der Waals surface area contributed by atoms with Crippen LogP contribution in [-0.4, -0.2) is 24.9 Å². The number of nitrogens with one attached hydrogen (secondary N) is 2. The lowest BCUT2D eigenvalue weighted by molar-refractivity contribution is 0.0600. The Kier molecular flexibility index (Phi) is 5.09. The summed E-state index contributed by atoms with van der Waals surface area (Å²) >= 11 is 0. The van der Waals surface area contributed by atoms with Crippen LogP contribution in [0.1, 0.15) is 36.6 Å². The number of carbonyl (C=O) groups excluding carboxylic acids is 3. The molecule has 0 aromatic heterocycles. The molecule has 23 heavy (non-hydrogen) atoms. The molecule has 6 nitrogen and oxygen atoms in total. The van der Waals surface area contributed by atoms with Gasteiger partial charge in [-0.1, -0.05) is 17.7 Å². The van der Waals surface area contributed by atoms with Crippen LogP contribution in [0.2, 0.25) is 0 Å². The van der Waals surface area contributed by atoms with Crippen molar-refractivity contribution in [3.05, 3.63) is 70.8 Å². The second-order valence-electron chi connectivity index (χ2n) is 4.84. The van der Waals surface area contributed by atoms with Crippen LogP contribution in [-0.2, 0) is 4.74 Å². The second kappa shape index (κ2) is 7.22. The van der Waals surface area contributed by atoms with E-state index in [0.717, 1.165) is 5.56 Å². The maximum Gasteiger partial charge on any atom is 0.337 e. The molecule has 0 atom stereocenters. The van der Waals surface area contributed by atoms with Gasteiger partial charge in [0, 0.05) is 11.1 Å². The molecular weight excluding hydrogens is 296 g/mol. The first-order valence-electron chi connectivity index (χ1n) is 6.87. The number of hydrazine groups is 1. The summed E-state index contributed by atoms with van der Waals surface area (Å²) in [5.74, 6) is -1.38. The van der Waals surface area contributed by atoms with Gasteiger partial charge in [0.2, 0.25) is 0 Å². The average Bonchev–Trinajstić information content (AvgIpc) is 2.59. The first kappa shape index (κ1) is 16.2. The van der Waals surface area contributed by atoms with Gasteiger partial charge in [-0.3, -0.25) is 20.4 Å². The van der Waals surface area contributed by atoms with Crippen molar-refractivity contribution in [1.82, 2.24) is 10.9 Å². The number of amides is 2. The van der Waals surface area contributed by atoms with Crippen LogP contribution in [0.3, 0.4) is 0 Å². The zero-order valence-electron chi connectivity index (χ0n) is 12.8. The Morgan fingerprint density at radius 2 is 1.13 bits per heavy atom. The first-order valence-corrected chi connectivity index (χ1v) is 6.87. The molecule has 0 saturated carbocycles. The Morgan fingerprint density at radius 3 is 1.57 bits per heavy atom. The third-order valence-corrected chi connectivity index (χ3v) is 3.17. The normalized spacial score (nSPS) is 9.83. The van der Waals surface area contributed by atoms with Crippen molar-refractivity contribution < 1.29 is 19.1 Å². The summed E-state index contributed by atoms with van der Waals surface area (Å²) in [6, 6.07) is 12.8. The topological polar surface area (TPSA) is 84.5 Å². The molecular formula is C17H16N2O4. The third kappa shape index (κ3) is 4.16. The van der Waals surface area contributed by atoms with Crippen LogP contribution in [0.5, 0.6) is 0 Å². The number of carbonyl (C=O) groups is 3. The highest BCUT2D eigenvalue weighted by Gasteiger charge is 2.10. The second-order valence-corrected chi connectivity index (χ2v) is 4.84. The molecule has 0 radical (unpaired) electrons. The standard InChI is InChI=1S/C17H16N2O4/c1-11-3-5-12(6-4-11)15(20)18-19-16(21)13-7-9-14(10-8-13)17(22)23-2/h3-10H,1-2H3,(H,18,20)(H,19,21). The van der Waals surface area contributed by atoms with E-state index in [1.807, 2.05) is 19.1 Å². The fourth-order valence-electron chi connectivity index (χ4n) is 1.84. The van der Waals surface area contributed by atoms with E-state index in [0.29, 0.717) is 16.7 Å². The van der Waals surface area contributed by atoms with Crippen LogP contribution in [0.25, 0.3) is 0 Å². The van der Waals surface area contributed by atoms with Gasteiger partial charge in [-0.2, -0.15) is 0 Å². The molecule has 0 heterocycles. The van der Waals surface area contributed by atoms with E-state index >= 15 is 0 Å². The van der Waals surface area contributed by atoms with Crippen molar-refractivity contribution in [2.75, 3.05) is 7.11 Å². The van der Waals surface area contributed by atoms with Crippen molar-refractivity contribution in [3.63, 3.8) is 0 Å². The van der Waals surface area contributed by atoms with E-state index in [-0.39, 0.29) is 0 Å². The molecule has 0 bridgehead atoms. The van der Waals surface area contributed by atoms with Crippen LogP contribution in [0.4, 0.5) is 0 Å². The SMILES string of the molecule is COC(=O)c1ccc(C(=O)NNC(=O)c2ccc(C)cc2)cc1. The van der Waals surface area contributed by atoms with Crippen molar-refractivity contribution in [1.29, 1.82) is 0 Å². The molecule has 0 fully saturated rings. The van der Waals surface area contributed by atoms with E-state index in [4.69, 9.17) is 0 Å². The maximum absolute atomic E-state index is 11.9. The summed E-state index contributed by atoms with van der Waals surface area (Å²) in [5, 5.41) is 0. The van der Waals surface area contributed by atoms with E-state index in [1.54, 1.807) is 12.1 Å². The van der Waals surface area contributed by atoms with Crippen molar-refractivity contribution in [2.24, 2.45) is 0 Å². The molecule has 0 saturated heterocycles. The smallest absolute Gasteiger partial charge is 0.337 e. The number of esters is 1. The first-order chi connectivity index (χ1) is 11.0. The number of rotatable bonds is 3. The zero-order chi connectivity index (χ0) is 16.8. The zero-order valence-corrected chi connectivity index (χ0v) is 12.8. The summed E-state index contributed by atoms with van der Waals surface area (Å²) in [4.78, 5) is 35.1. The minimum absolute atomic E-state index is 0.307. The van der Waals surface area contributed by atoms with Gasteiger partial charge in [0.15, 0.2) is 0 Å². The Bertz CT molecular complexity index is 721. The Labute approximate surface area is 133 Å². The highest BCUT2D eigenvalue weighted by Crippen LogP contribution is 2.06. The fourth-order valence-corrected chi connectivity index (χ4v) is 1.84. The molecule has 6 heteroatoms. The van der Waals surface area contributed by atoms with Gasteiger partial charge in [-0.25, -0.2) is 4.79 Å². The number of methoxy groups -OCH3 is 1. The monoisotopic (exact) mass is 312 g/mol. The molecule has 2 N–H and O–H groups in total. The van der Waals surface area contributed by atoms with Crippen LogP contribution >= 0.6 is 0 Å². The van der Waals surface area contributed by atoms with Gasteiger partial charge in [-0.15, -0.1) is 0 Å². The lowest BCUT2D eigenvalue weighted by Crippen LogP contribution is -2.41. The quantitative estimate of drug-likeness (QED) is 0.669. The van der Waals surface area contributed by atoms with Crippen LogP contribution in [0.15, 0.2) is 48.5 Å². The Hall–Kier alpha value is -3.15. The highest BCUT2D eigenvalue weighted by atomic mass is 16.5. The van der Waals surface area contributed by atoms with Crippen LogP contribution in [0, 0.1) is 6.92 Å². The summed E-state index contributed by atoms with van der Waals surface area (Å²) < 4.78 is 4.58. The lowest BCUT2D eigenvalue weighted by atomic mass is 10.1. The molecule has 2 rings (SSSR count). The average molecular weight is 312 g/mol. The van der Waals surface area contributed by atoms with Gasteiger partial charge in [0.25, 0.3) is 11.8 Å². The molecule has 0 spiro atoms. The van der Waals surface area contributed by atoms with Gasteiger partial charge in [0.05, 0.1) is 12.7 Å². The molecule has 0 aliphatic heterocycles. The Morgan fingerprint density at radius 1 is 0.739 bits per heavy atom. The fraction of sp³-hybridized carbons (Fsp3) is 0.118. The lowest BCUT2D eigenvalue weighted by Gasteiger charge is -2.08. The number of hydrogen-bond acceptors (Lipinski definition) is 4. The van der Waals surface area contributed by atoms with Crippen molar-refractivity contribution in [2.45, 2.75) is 6.92 Å². The molecule has 0 aliphatic rings. The third-order valence-electron chi connectivity index (χ3n) is 3.17. The van der Waals surface area contributed by atoms with Gasteiger partial charge < -0.3 is 4.74 Å². The minimum atomic E-state index is -0.484. The van der Waals surface area contributed by atoms with E-state index in [2.05, 4.69) is 15.6 Å². The predicted molar refractivity (Wildman–Crippen MR) is 83.9 cm³/mol. The molecule has 2 aromatic rings. The summed E-state index contributed by atoms with van der Waals surface area (Å²) in [5.41, 5.74) is 6.78. The molecule has 0 aliphatic carbocycles. The molecule has 2 amide bonds. The number of hydrogen-bond donors (Lipinski definition) is 2. The predicted octanol–water partition coefficient (Wildman–Crippen LogP) is 1.86. The van der Waals surface area contributed by atoms with E-state index in [1.165, 1.54) is 31.4 Å². The summed E-state index contributed by atoms with van der Waals surface area (Å²) in [6.45, 7) is 1.92. The van der Waals surface area contributed by atoms with Gasteiger partial charge in [-0.05, 0) is 43.3 Å². The van der Waals surface area contributed by atoms with E-state index < -0.39 is 17.8 Å². The molecule has 0 unspecified atom stereocenters. The van der Waals surface area contributed by atoms with E-state index in [9.17, 15) is 14.4 Å². The summed E-state index contributed by atoms with van der Waals surface area (Å²) in [6.07, 6.45) is 0. The minimum Gasteiger partial charge on any atom is -0.465 e. The Balaban J connectivity index is 1.95. The number of aryl methyl sites for hydroxylation is 1. The van der Waals surface area contributed by atoms with Crippen molar-refractivity contribution in [3.8, 4) is 0 Å².